The number of carbonyl (C=O) groups is 2. The fraction of sp³-hybridized carbons (Fsp3) is 0.208. The Morgan fingerprint density at radius 2 is 2.06 bits per heavy atom. The topological polar surface area (TPSA) is 77.0 Å². The molecule has 0 spiro atoms. The molecule has 2 aliphatic rings. The standard InChI is InChI=1S/C24H19Cl2FN4O3/c1-3-18(33)30-7-8-31-16(11-30)24(34)29(2)15-10-28-14-9-12(19-13(27)5-4-6-17(19)32)21(25)22(26)20(14)23(15)31/h3-6,9-10,16,32H,1,7-8,11H2,2H3/t16-/m1/s1. The molecule has 1 atom stereocenters. The van der Waals surface area contributed by atoms with Crippen LogP contribution in [0.2, 0.25) is 10.0 Å². The number of amides is 2. The number of aromatic hydroxyl groups is 1. The molecular formula is C24H19Cl2FN4O3. The number of benzene rings is 2. The van der Waals surface area contributed by atoms with Gasteiger partial charge >= 0.3 is 0 Å². The quantitative estimate of drug-likeness (QED) is 0.532. The van der Waals surface area contributed by atoms with Crippen molar-refractivity contribution in [1.29, 1.82) is 0 Å². The lowest BCUT2D eigenvalue weighted by atomic mass is 9.98. The van der Waals surface area contributed by atoms with Crippen molar-refractivity contribution in [1.82, 2.24) is 9.88 Å². The number of phenols is 1. The van der Waals surface area contributed by atoms with Gasteiger partial charge in [0.15, 0.2) is 0 Å². The van der Waals surface area contributed by atoms with Gasteiger partial charge in [-0.1, -0.05) is 35.8 Å². The summed E-state index contributed by atoms with van der Waals surface area (Å²) in [6.07, 6.45) is 2.79. The molecule has 0 aliphatic carbocycles. The molecule has 34 heavy (non-hydrogen) atoms. The molecule has 2 amide bonds. The minimum atomic E-state index is -0.649. The first kappa shape index (κ1) is 22.4. The maximum absolute atomic E-state index is 14.6. The number of aromatic nitrogens is 1. The summed E-state index contributed by atoms with van der Waals surface area (Å²) in [5.74, 6) is -1.34. The second-order valence-corrected chi connectivity index (χ2v) is 8.92. The maximum atomic E-state index is 14.6. The van der Waals surface area contributed by atoms with Crippen LogP contribution in [0.1, 0.15) is 0 Å². The number of likely N-dealkylation sites (N-methyl/N-ethyl adjacent to an activating group) is 1. The Morgan fingerprint density at radius 1 is 1.29 bits per heavy atom. The van der Waals surface area contributed by atoms with Crippen molar-refractivity contribution in [2.75, 3.05) is 36.5 Å². The highest BCUT2D eigenvalue weighted by atomic mass is 35.5. The van der Waals surface area contributed by atoms with Gasteiger partial charge in [-0.2, -0.15) is 0 Å². The van der Waals surface area contributed by atoms with E-state index in [0.717, 1.165) is 0 Å². The van der Waals surface area contributed by atoms with E-state index in [1.807, 2.05) is 4.90 Å². The average molecular weight is 501 g/mol. The highest BCUT2D eigenvalue weighted by Crippen LogP contribution is 2.49. The minimum absolute atomic E-state index is 0.0568. The molecule has 1 aromatic heterocycles. The van der Waals surface area contributed by atoms with E-state index in [4.69, 9.17) is 23.2 Å². The highest BCUT2D eigenvalue weighted by molar-refractivity contribution is 6.48. The predicted octanol–water partition coefficient (Wildman–Crippen LogP) is 4.23. The summed E-state index contributed by atoms with van der Waals surface area (Å²) in [4.78, 5) is 34.8. The molecule has 174 valence electrons. The smallest absolute Gasteiger partial charge is 0.251 e. The van der Waals surface area contributed by atoms with Gasteiger partial charge in [-0.15, -0.1) is 0 Å². The largest absolute Gasteiger partial charge is 0.507 e. The molecule has 0 unspecified atom stereocenters. The Bertz CT molecular complexity index is 1380. The molecule has 1 saturated heterocycles. The molecule has 3 heterocycles. The van der Waals surface area contributed by atoms with Gasteiger partial charge < -0.3 is 19.8 Å². The van der Waals surface area contributed by atoms with E-state index in [0.29, 0.717) is 35.4 Å². The lowest BCUT2D eigenvalue weighted by Crippen LogP contribution is -2.62. The molecule has 1 N–H and O–H groups in total. The van der Waals surface area contributed by atoms with Gasteiger partial charge in [-0.05, 0) is 24.3 Å². The molecule has 5 rings (SSSR count). The summed E-state index contributed by atoms with van der Waals surface area (Å²) in [7, 11) is 1.64. The summed E-state index contributed by atoms with van der Waals surface area (Å²) in [6.45, 7) is 4.52. The Kier molecular flexibility index (Phi) is 5.37. The van der Waals surface area contributed by atoms with E-state index >= 15 is 0 Å². The van der Waals surface area contributed by atoms with Crippen molar-refractivity contribution in [2.24, 2.45) is 0 Å². The Labute approximate surface area is 204 Å². The van der Waals surface area contributed by atoms with E-state index in [2.05, 4.69) is 11.6 Å². The molecule has 0 bridgehead atoms. The monoisotopic (exact) mass is 500 g/mol. The van der Waals surface area contributed by atoms with E-state index in [9.17, 15) is 19.1 Å². The normalized spacial score (nSPS) is 17.6. The fourth-order valence-corrected chi connectivity index (χ4v) is 5.22. The molecule has 10 heteroatoms. The number of phenolic OH excluding ortho intramolecular Hbond substituents is 1. The third kappa shape index (κ3) is 3.20. The lowest BCUT2D eigenvalue weighted by molar-refractivity contribution is -0.128. The molecule has 0 saturated carbocycles. The van der Waals surface area contributed by atoms with Crippen molar-refractivity contribution >= 4 is 57.3 Å². The van der Waals surface area contributed by atoms with Crippen LogP contribution in [0.15, 0.2) is 43.1 Å². The van der Waals surface area contributed by atoms with Gasteiger partial charge in [0.05, 0.1) is 45.2 Å². The van der Waals surface area contributed by atoms with Crippen molar-refractivity contribution in [3.8, 4) is 16.9 Å². The summed E-state index contributed by atoms with van der Waals surface area (Å²) in [5, 5.41) is 11.0. The number of nitrogens with zero attached hydrogens (tertiary/aromatic N) is 4. The molecule has 2 aromatic carbocycles. The molecule has 0 radical (unpaired) electrons. The molecule has 1 fully saturated rings. The van der Waals surface area contributed by atoms with Crippen LogP contribution < -0.4 is 9.80 Å². The SMILES string of the molecule is C=CC(=O)N1CCN2c3c(cnc4cc(-c5c(O)cccc5F)c(Cl)c(Cl)c34)N(C)C(=O)[C@H]2C1. The van der Waals surface area contributed by atoms with Crippen LogP contribution >= 0.6 is 23.2 Å². The summed E-state index contributed by atoms with van der Waals surface area (Å²) in [6, 6.07) is 4.93. The molecule has 2 aliphatic heterocycles. The van der Waals surface area contributed by atoms with Crippen LogP contribution in [0, 0.1) is 5.82 Å². The van der Waals surface area contributed by atoms with Crippen LogP contribution in [0.4, 0.5) is 15.8 Å². The number of piperazine rings is 1. The van der Waals surface area contributed by atoms with Gasteiger partial charge in [0, 0.05) is 31.1 Å². The predicted molar refractivity (Wildman–Crippen MR) is 130 cm³/mol. The average Bonchev–Trinajstić information content (AvgIpc) is 2.83. The van der Waals surface area contributed by atoms with Crippen LogP contribution in [0.25, 0.3) is 22.0 Å². The van der Waals surface area contributed by atoms with Crippen LogP contribution in [-0.4, -0.2) is 59.5 Å². The van der Waals surface area contributed by atoms with E-state index in [1.165, 1.54) is 29.2 Å². The number of hydrogen-bond donors (Lipinski definition) is 1. The van der Waals surface area contributed by atoms with Crippen molar-refractivity contribution < 1.29 is 19.1 Å². The molecule has 3 aromatic rings. The van der Waals surface area contributed by atoms with E-state index < -0.39 is 11.9 Å². The molecular weight excluding hydrogens is 482 g/mol. The number of hydrogen-bond acceptors (Lipinski definition) is 5. The van der Waals surface area contributed by atoms with Gasteiger partial charge in [0.2, 0.25) is 5.91 Å². The second kappa shape index (κ2) is 8.14. The van der Waals surface area contributed by atoms with Gasteiger partial charge in [0.1, 0.15) is 17.6 Å². The first-order chi connectivity index (χ1) is 16.2. The Balaban J connectivity index is 1.72. The minimum Gasteiger partial charge on any atom is -0.507 e. The van der Waals surface area contributed by atoms with E-state index in [1.54, 1.807) is 24.2 Å². The second-order valence-electron chi connectivity index (χ2n) is 8.17. The summed E-state index contributed by atoms with van der Waals surface area (Å²) < 4.78 is 14.6. The van der Waals surface area contributed by atoms with Crippen molar-refractivity contribution in [3.63, 3.8) is 0 Å². The third-order valence-corrected chi connectivity index (χ3v) is 7.25. The zero-order valence-corrected chi connectivity index (χ0v) is 19.6. The molecule has 7 nitrogen and oxygen atoms in total. The van der Waals surface area contributed by atoms with Crippen molar-refractivity contribution in [2.45, 2.75) is 6.04 Å². The number of halogens is 3. The first-order valence-corrected chi connectivity index (χ1v) is 11.2. The number of pyridine rings is 1. The zero-order chi connectivity index (χ0) is 24.3. The Hall–Kier alpha value is -3.36. The van der Waals surface area contributed by atoms with Crippen molar-refractivity contribution in [3.05, 3.63) is 59.0 Å². The zero-order valence-electron chi connectivity index (χ0n) is 18.1. The number of fused-ring (bicyclic) bond motifs is 5. The number of rotatable bonds is 2. The fourth-order valence-electron chi connectivity index (χ4n) is 4.69. The Morgan fingerprint density at radius 3 is 2.76 bits per heavy atom. The lowest BCUT2D eigenvalue weighted by Gasteiger charge is -2.47. The highest BCUT2D eigenvalue weighted by Gasteiger charge is 2.42. The number of carbonyl (C=O) groups excluding carboxylic acids is 2. The van der Waals surface area contributed by atoms with Gasteiger partial charge in [0.25, 0.3) is 5.91 Å². The third-order valence-electron chi connectivity index (χ3n) is 6.38. The van der Waals surface area contributed by atoms with E-state index in [-0.39, 0.29) is 45.3 Å². The van der Waals surface area contributed by atoms with Gasteiger partial charge in [-0.3, -0.25) is 14.6 Å². The maximum Gasteiger partial charge on any atom is 0.251 e. The van der Waals surface area contributed by atoms with Crippen LogP contribution in [0.3, 0.4) is 0 Å². The van der Waals surface area contributed by atoms with Gasteiger partial charge in [-0.25, -0.2) is 4.39 Å². The van der Waals surface area contributed by atoms with Crippen LogP contribution in [-0.2, 0) is 9.59 Å². The van der Waals surface area contributed by atoms with Crippen LogP contribution in [0.5, 0.6) is 5.75 Å². The summed E-state index contributed by atoms with van der Waals surface area (Å²) in [5.41, 5.74) is 1.78. The number of anilines is 2. The summed E-state index contributed by atoms with van der Waals surface area (Å²) >= 11 is 13.4. The first-order valence-electron chi connectivity index (χ1n) is 10.5.